The fraction of sp³-hybridized carbons (Fsp3) is 0.647. The largest absolute Gasteiger partial charge is 0.497 e. The van der Waals surface area contributed by atoms with Gasteiger partial charge in [-0.2, -0.15) is 0 Å². The van der Waals surface area contributed by atoms with Gasteiger partial charge in [-0.15, -0.1) is 0 Å². The quantitative estimate of drug-likeness (QED) is 0.873. The van der Waals surface area contributed by atoms with E-state index < -0.39 is 0 Å². The molecule has 1 aromatic carbocycles. The molecule has 0 aliphatic carbocycles. The number of morpholine rings is 1. The Hall–Kier alpha value is -1.10. The molecule has 1 saturated heterocycles. The lowest BCUT2D eigenvalue weighted by atomic mass is 9.97. The number of methoxy groups -OCH3 is 1. The van der Waals surface area contributed by atoms with Gasteiger partial charge in [-0.05, 0) is 38.1 Å². The van der Waals surface area contributed by atoms with Crippen LogP contribution >= 0.6 is 0 Å². The van der Waals surface area contributed by atoms with Gasteiger partial charge in [0.05, 0.1) is 20.3 Å². The molecule has 3 unspecified atom stereocenters. The van der Waals surface area contributed by atoms with Crippen molar-refractivity contribution in [1.29, 1.82) is 0 Å². The molecule has 1 aliphatic heterocycles. The highest BCUT2D eigenvalue weighted by molar-refractivity contribution is 5.30. The highest BCUT2D eigenvalue weighted by atomic mass is 16.5. The molecule has 0 aromatic heterocycles. The van der Waals surface area contributed by atoms with Crippen LogP contribution in [0.4, 0.5) is 0 Å². The predicted octanol–water partition coefficient (Wildman–Crippen LogP) is 2.46. The molecule has 2 rings (SSSR count). The van der Waals surface area contributed by atoms with E-state index in [1.54, 1.807) is 7.11 Å². The molecule has 1 aliphatic rings. The number of likely N-dealkylation sites (N-methyl/N-ethyl adjacent to an activating group) is 1. The van der Waals surface area contributed by atoms with Crippen LogP contribution in [0.3, 0.4) is 0 Å². The second-order valence-corrected chi connectivity index (χ2v) is 5.71. The van der Waals surface area contributed by atoms with Crippen molar-refractivity contribution in [2.75, 3.05) is 33.4 Å². The maximum Gasteiger partial charge on any atom is 0.118 e. The Bertz CT molecular complexity index is 421. The average Bonchev–Trinajstić information content (AvgIpc) is 2.52. The first-order chi connectivity index (χ1) is 10.2. The fourth-order valence-electron chi connectivity index (χ4n) is 3.13. The maximum atomic E-state index is 5.56. The monoisotopic (exact) mass is 292 g/mol. The smallest absolute Gasteiger partial charge is 0.118 e. The van der Waals surface area contributed by atoms with Crippen LogP contribution in [0, 0.1) is 0 Å². The Morgan fingerprint density at radius 2 is 2.10 bits per heavy atom. The number of rotatable bonds is 6. The second-order valence-electron chi connectivity index (χ2n) is 5.71. The van der Waals surface area contributed by atoms with Crippen molar-refractivity contribution < 1.29 is 9.47 Å². The van der Waals surface area contributed by atoms with Gasteiger partial charge in [-0.3, -0.25) is 4.90 Å². The van der Waals surface area contributed by atoms with Crippen LogP contribution in [-0.2, 0) is 4.74 Å². The predicted molar refractivity (Wildman–Crippen MR) is 85.9 cm³/mol. The van der Waals surface area contributed by atoms with Gasteiger partial charge < -0.3 is 14.8 Å². The van der Waals surface area contributed by atoms with Crippen molar-refractivity contribution in [1.82, 2.24) is 10.2 Å². The van der Waals surface area contributed by atoms with Gasteiger partial charge in [-0.1, -0.05) is 19.1 Å². The first kappa shape index (κ1) is 16.3. The molecule has 1 aromatic rings. The number of ether oxygens (including phenoxy) is 2. The first-order valence-electron chi connectivity index (χ1n) is 7.88. The molecule has 0 spiro atoms. The molecule has 0 saturated carbocycles. The van der Waals surface area contributed by atoms with E-state index in [1.165, 1.54) is 5.56 Å². The molecule has 4 heteroatoms. The van der Waals surface area contributed by atoms with E-state index in [-0.39, 0.29) is 0 Å². The molecular weight excluding hydrogens is 264 g/mol. The van der Waals surface area contributed by atoms with E-state index in [1.807, 2.05) is 12.1 Å². The molecule has 21 heavy (non-hydrogen) atoms. The van der Waals surface area contributed by atoms with Crippen LogP contribution in [-0.4, -0.2) is 50.4 Å². The van der Waals surface area contributed by atoms with Gasteiger partial charge >= 0.3 is 0 Å². The van der Waals surface area contributed by atoms with Gasteiger partial charge in [0.15, 0.2) is 0 Å². The molecule has 1 heterocycles. The maximum absolute atomic E-state index is 5.56. The lowest BCUT2D eigenvalue weighted by molar-refractivity contribution is -0.0258. The third kappa shape index (κ3) is 3.96. The molecule has 0 amide bonds. The summed E-state index contributed by atoms with van der Waals surface area (Å²) in [5.41, 5.74) is 1.31. The van der Waals surface area contributed by atoms with Gasteiger partial charge in [0.25, 0.3) is 0 Å². The molecule has 0 radical (unpaired) electrons. The average molecular weight is 292 g/mol. The van der Waals surface area contributed by atoms with Crippen molar-refractivity contribution in [3.63, 3.8) is 0 Å². The van der Waals surface area contributed by atoms with E-state index in [0.29, 0.717) is 18.1 Å². The van der Waals surface area contributed by atoms with Gasteiger partial charge in [0.1, 0.15) is 5.75 Å². The van der Waals surface area contributed by atoms with Crippen LogP contribution < -0.4 is 10.1 Å². The summed E-state index contributed by atoms with van der Waals surface area (Å²) in [6.45, 7) is 10.3. The Morgan fingerprint density at radius 1 is 1.38 bits per heavy atom. The highest BCUT2D eigenvalue weighted by Crippen LogP contribution is 2.25. The number of benzene rings is 1. The lowest BCUT2D eigenvalue weighted by Gasteiger charge is -2.41. The summed E-state index contributed by atoms with van der Waals surface area (Å²) in [5.74, 6) is 0.904. The number of nitrogens with zero attached hydrogens (tertiary/aromatic N) is 1. The molecule has 1 fully saturated rings. The lowest BCUT2D eigenvalue weighted by Crippen LogP contribution is -2.52. The zero-order valence-electron chi connectivity index (χ0n) is 13.6. The highest BCUT2D eigenvalue weighted by Gasteiger charge is 2.29. The minimum absolute atomic E-state index is 0.321. The summed E-state index contributed by atoms with van der Waals surface area (Å²) < 4.78 is 10.8. The van der Waals surface area contributed by atoms with E-state index in [9.17, 15) is 0 Å². The molecule has 0 bridgehead atoms. The van der Waals surface area contributed by atoms with Crippen molar-refractivity contribution >= 4 is 0 Å². The summed E-state index contributed by atoms with van der Waals surface area (Å²) in [5, 5.41) is 3.63. The van der Waals surface area contributed by atoms with Crippen LogP contribution in [0.15, 0.2) is 24.3 Å². The standard InChI is InChI=1S/C17H28N2O2/c1-5-18-17(15-6-8-16(20-4)9-7-15)14(3)19-10-11-21-12-13(19)2/h6-9,13-14,17-18H,5,10-12H2,1-4H3. The van der Waals surface area contributed by atoms with Crippen LogP contribution in [0.2, 0.25) is 0 Å². The zero-order chi connectivity index (χ0) is 15.2. The summed E-state index contributed by atoms with van der Waals surface area (Å²) in [7, 11) is 1.70. The Kier molecular flexibility index (Phi) is 6.03. The zero-order valence-corrected chi connectivity index (χ0v) is 13.6. The summed E-state index contributed by atoms with van der Waals surface area (Å²) in [6.07, 6.45) is 0. The SMILES string of the molecule is CCNC(c1ccc(OC)cc1)C(C)N1CCOCC1C. The Morgan fingerprint density at radius 3 is 2.67 bits per heavy atom. The Labute approximate surface area is 128 Å². The minimum atomic E-state index is 0.321. The third-order valence-corrected chi connectivity index (χ3v) is 4.32. The van der Waals surface area contributed by atoms with Crippen LogP contribution in [0.5, 0.6) is 5.75 Å². The van der Waals surface area contributed by atoms with Crippen molar-refractivity contribution in [2.24, 2.45) is 0 Å². The van der Waals surface area contributed by atoms with E-state index in [0.717, 1.165) is 32.1 Å². The third-order valence-electron chi connectivity index (χ3n) is 4.32. The molecule has 3 atom stereocenters. The molecule has 118 valence electrons. The topological polar surface area (TPSA) is 33.7 Å². The first-order valence-corrected chi connectivity index (χ1v) is 7.88. The van der Waals surface area contributed by atoms with Crippen LogP contribution in [0.25, 0.3) is 0 Å². The van der Waals surface area contributed by atoms with Crippen molar-refractivity contribution in [3.05, 3.63) is 29.8 Å². The van der Waals surface area contributed by atoms with E-state index in [2.05, 4.69) is 43.1 Å². The summed E-state index contributed by atoms with van der Waals surface area (Å²) in [4.78, 5) is 2.54. The van der Waals surface area contributed by atoms with Gasteiger partial charge in [-0.25, -0.2) is 0 Å². The molecule has 1 N–H and O–H groups in total. The minimum Gasteiger partial charge on any atom is -0.497 e. The second kappa shape index (κ2) is 7.78. The number of hydrogen-bond donors (Lipinski definition) is 1. The Balaban J connectivity index is 2.15. The fourth-order valence-corrected chi connectivity index (χ4v) is 3.13. The van der Waals surface area contributed by atoms with Gasteiger partial charge in [0, 0.05) is 24.7 Å². The molecular formula is C17H28N2O2. The van der Waals surface area contributed by atoms with Crippen LogP contribution in [0.1, 0.15) is 32.4 Å². The van der Waals surface area contributed by atoms with E-state index in [4.69, 9.17) is 9.47 Å². The summed E-state index contributed by atoms with van der Waals surface area (Å²) in [6, 6.07) is 9.61. The number of hydrogen-bond acceptors (Lipinski definition) is 4. The number of nitrogens with one attached hydrogen (secondary N) is 1. The van der Waals surface area contributed by atoms with E-state index >= 15 is 0 Å². The van der Waals surface area contributed by atoms with Crippen molar-refractivity contribution in [2.45, 2.75) is 38.9 Å². The normalized spacial score (nSPS) is 22.8. The molecule has 4 nitrogen and oxygen atoms in total. The van der Waals surface area contributed by atoms with Gasteiger partial charge in [0.2, 0.25) is 0 Å². The van der Waals surface area contributed by atoms with Crippen molar-refractivity contribution in [3.8, 4) is 5.75 Å². The summed E-state index contributed by atoms with van der Waals surface area (Å²) >= 11 is 0.